The topological polar surface area (TPSA) is 35.2 Å². The van der Waals surface area contributed by atoms with Crippen molar-refractivity contribution in [2.24, 2.45) is 11.7 Å². The Morgan fingerprint density at radius 2 is 2.25 bits per heavy atom. The van der Waals surface area contributed by atoms with Crippen LogP contribution in [-0.2, 0) is 4.74 Å². The molecule has 2 rings (SSSR count). The Morgan fingerprint density at radius 3 is 2.50 bits per heavy atom. The zero-order chi connectivity index (χ0) is 4.85. The number of rotatable bonds is 0. The maximum absolute atomic E-state index is 5.55. The van der Waals surface area contributed by atoms with Crippen molar-refractivity contribution in [2.45, 2.75) is 18.6 Å². The van der Waals surface area contributed by atoms with E-state index in [0.29, 0.717) is 12.1 Å². The van der Waals surface area contributed by atoms with Gasteiger partial charge in [0.1, 0.15) is 0 Å². The summed E-state index contributed by atoms with van der Waals surface area (Å²) < 4.78 is 5.21. The molecule has 0 spiro atoms. The molecular weight excluding hydrogens is 126 g/mol. The molecule has 1 heterocycles. The van der Waals surface area contributed by atoms with Gasteiger partial charge in [-0.05, 0) is 6.42 Å². The molecule has 0 radical (unpaired) electrons. The van der Waals surface area contributed by atoms with Gasteiger partial charge < -0.3 is 10.5 Å². The van der Waals surface area contributed by atoms with Crippen molar-refractivity contribution in [3.63, 3.8) is 0 Å². The van der Waals surface area contributed by atoms with Crippen LogP contribution < -0.4 is 5.73 Å². The van der Waals surface area contributed by atoms with Crippen molar-refractivity contribution in [3.05, 3.63) is 0 Å². The first-order valence-corrected chi connectivity index (χ1v) is 2.77. The zero-order valence-corrected chi connectivity index (χ0v) is 5.36. The predicted molar refractivity (Wildman–Crippen MR) is 33.1 cm³/mol. The molecule has 2 N–H and O–H groups in total. The van der Waals surface area contributed by atoms with Crippen LogP contribution in [0.2, 0.25) is 0 Å². The summed E-state index contributed by atoms with van der Waals surface area (Å²) in [5.41, 5.74) is 5.55. The lowest BCUT2D eigenvalue weighted by Crippen LogP contribution is -2.10. The van der Waals surface area contributed by atoms with Gasteiger partial charge in [-0.1, -0.05) is 0 Å². The van der Waals surface area contributed by atoms with Crippen LogP contribution in [0.4, 0.5) is 0 Å². The first kappa shape index (κ1) is 6.33. The molecule has 1 saturated carbocycles. The number of hydrogen-bond donors (Lipinski definition) is 1. The second-order valence-electron chi connectivity index (χ2n) is 2.37. The van der Waals surface area contributed by atoms with Gasteiger partial charge in [0.2, 0.25) is 0 Å². The fraction of sp³-hybridized carbons (Fsp3) is 1.00. The van der Waals surface area contributed by atoms with Crippen LogP contribution in [0.15, 0.2) is 0 Å². The predicted octanol–water partition coefficient (Wildman–Crippen LogP) is 0.154. The lowest BCUT2D eigenvalue weighted by atomic mass is 10.3. The highest BCUT2D eigenvalue weighted by atomic mass is 35.5. The van der Waals surface area contributed by atoms with E-state index in [1.807, 2.05) is 0 Å². The normalized spacial score (nSPS) is 49.9. The molecule has 8 heavy (non-hydrogen) atoms. The van der Waals surface area contributed by atoms with E-state index in [4.69, 9.17) is 10.5 Å². The molecule has 3 unspecified atom stereocenters. The van der Waals surface area contributed by atoms with Gasteiger partial charge in [0.05, 0.1) is 6.10 Å². The van der Waals surface area contributed by atoms with Crippen molar-refractivity contribution in [3.8, 4) is 0 Å². The summed E-state index contributed by atoms with van der Waals surface area (Å²) in [5.74, 6) is 0.736. The summed E-state index contributed by atoms with van der Waals surface area (Å²) in [6.45, 7) is 0.947. The Morgan fingerprint density at radius 1 is 1.50 bits per heavy atom. The highest BCUT2D eigenvalue weighted by Crippen LogP contribution is 2.40. The Bertz CT molecular complexity index is 88.4. The van der Waals surface area contributed by atoms with Crippen LogP contribution in [0, 0.1) is 5.92 Å². The number of hydrogen-bond acceptors (Lipinski definition) is 2. The van der Waals surface area contributed by atoms with Gasteiger partial charge in [-0.3, -0.25) is 0 Å². The second kappa shape index (κ2) is 1.87. The van der Waals surface area contributed by atoms with Crippen LogP contribution in [0.1, 0.15) is 6.42 Å². The Hall–Kier alpha value is 0.210. The van der Waals surface area contributed by atoms with E-state index >= 15 is 0 Å². The van der Waals surface area contributed by atoms with E-state index in [2.05, 4.69) is 0 Å². The summed E-state index contributed by atoms with van der Waals surface area (Å²) in [6, 6.07) is 0.397. The van der Waals surface area contributed by atoms with E-state index in [-0.39, 0.29) is 12.4 Å². The maximum atomic E-state index is 5.55. The van der Waals surface area contributed by atoms with Gasteiger partial charge in [-0.25, -0.2) is 0 Å². The number of nitrogens with two attached hydrogens (primary N) is 1. The first-order chi connectivity index (χ1) is 3.39. The summed E-state index contributed by atoms with van der Waals surface area (Å²) in [6.07, 6.45) is 1.66. The van der Waals surface area contributed by atoms with E-state index in [9.17, 15) is 0 Å². The molecule has 0 amide bonds. The number of ether oxygens (including phenoxy) is 1. The standard InChI is InChI=1S/C5H9NO.ClH/c6-4-3-1-2-7-5(3)4;/h3-5H,1-2,6H2;1H. The third kappa shape index (κ3) is 0.642. The van der Waals surface area contributed by atoms with Crippen molar-refractivity contribution in [2.75, 3.05) is 6.61 Å². The average molecular weight is 136 g/mol. The molecule has 0 aromatic heterocycles. The lowest BCUT2D eigenvalue weighted by molar-refractivity contribution is 0.150. The molecule has 1 aliphatic carbocycles. The smallest absolute Gasteiger partial charge is 0.0774 e. The second-order valence-corrected chi connectivity index (χ2v) is 2.37. The van der Waals surface area contributed by atoms with Crippen molar-refractivity contribution < 1.29 is 4.74 Å². The van der Waals surface area contributed by atoms with Crippen LogP contribution in [0.3, 0.4) is 0 Å². The third-order valence-corrected chi connectivity index (χ3v) is 1.92. The van der Waals surface area contributed by atoms with E-state index in [1.165, 1.54) is 6.42 Å². The maximum Gasteiger partial charge on any atom is 0.0774 e. The molecule has 2 fully saturated rings. The Balaban J connectivity index is 0.000000320. The summed E-state index contributed by atoms with van der Waals surface area (Å²) in [4.78, 5) is 0. The van der Waals surface area contributed by atoms with Gasteiger partial charge in [-0.15, -0.1) is 12.4 Å². The largest absolute Gasteiger partial charge is 0.376 e. The summed E-state index contributed by atoms with van der Waals surface area (Å²) >= 11 is 0. The molecule has 0 aromatic carbocycles. The summed E-state index contributed by atoms with van der Waals surface area (Å²) in [5, 5.41) is 0. The van der Waals surface area contributed by atoms with Crippen molar-refractivity contribution >= 4 is 12.4 Å². The fourth-order valence-corrected chi connectivity index (χ4v) is 1.30. The highest BCUT2D eigenvalue weighted by molar-refractivity contribution is 5.85. The molecular formula is C5H10ClNO. The minimum absolute atomic E-state index is 0. The van der Waals surface area contributed by atoms with Gasteiger partial charge in [0.25, 0.3) is 0 Å². The van der Waals surface area contributed by atoms with E-state index in [0.717, 1.165) is 12.5 Å². The molecule has 3 atom stereocenters. The van der Waals surface area contributed by atoms with Crippen LogP contribution in [0.5, 0.6) is 0 Å². The molecule has 0 bridgehead atoms. The summed E-state index contributed by atoms with van der Waals surface area (Å²) in [7, 11) is 0. The molecule has 3 heteroatoms. The van der Waals surface area contributed by atoms with Crippen LogP contribution in [-0.4, -0.2) is 18.8 Å². The fourth-order valence-electron chi connectivity index (χ4n) is 1.30. The Labute approximate surface area is 54.8 Å². The first-order valence-electron chi connectivity index (χ1n) is 2.77. The van der Waals surface area contributed by atoms with Crippen molar-refractivity contribution in [1.29, 1.82) is 0 Å². The van der Waals surface area contributed by atoms with Crippen molar-refractivity contribution in [1.82, 2.24) is 0 Å². The zero-order valence-electron chi connectivity index (χ0n) is 4.54. The molecule has 0 aromatic rings. The molecule has 48 valence electrons. The van der Waals surface area contributed by atoms with Crippen LogP contribution >= 0.6 is 12.4 Å². The molecule has 2 aliphatic rings. The minimum atomic E-state index is 0. The molecule has 1 aliphatic heterocycles. The molecule has 1 saturated heterocycles. The minimum Gasteiger partial charge on any atom is -0.376 e. The monoisotopic (exact) mass is 135 g/mol. The van der Waals surface area contributed by atoms with Gasteiger partial charge >= 0.3 is 0 Å². The highest BCUT2D eigenvalue weighted by Gasteiger charge is 2.52. The lowest BCUT2D eigenvalue weighted by Gasteiger charge is -1.93. The number of fused-ring (bicyclic) bond motifs is 1. The SMILES string of the molecule is Cl.NC1C2CCOC12. The Kier molecular flexibility index (Phi) is 1.48. The molecule has 2 nitrogen and oxygen atoms in total. The van der Waals surface area contributed by atoms with E-state index < -0.39 is 0 Å². The van der Waals surface area contributed by atoms with Gasteiger partial charge in [-0.2, -0.15) is 0 Å². The van der Waals surface area contributed by atoms with Gasteiger partial charge in [0, 0.05) is 18.6 Å². The van der Waals surface area contributed by atoms with E-state index in [1.54, 1.807) is 0 Å². The number of halogens is 1. The quantitative estimate of drug-likeness (QED) is 0.514. The van der Waals surface area contributed by atoms with Crippen LogP contribution in [0.25, 0.3) is 0 Å². The third-order valence-electron chi connectivity index (χ3n) is 1.92. The average Bonchev–Trinajstić information content (AvgIpc) is 2.26. The van der Waals surface area contributed by atoms with Gasteiger partial charge in [0.15, 0.2) is 0 Å².